The van der Waals surface area contributed by atoms with Gasteiger partial charge in [-0.1, -0.05) is 13.3 Å². The SMILES string of the molecule is CC[C@@]1(O)CCC[C@@H](N2CCCCC2)C1. The van der Waals surface area contributed by atoms with E-state index in [-0.39, 0.29) is 5.60 Å². The highest BCUT2D eigenvalue weighted by Gasteiger charge is 2.35. The molecule has 0 unspecified atom stereocenters. The van der Waals surface area contributed by atoms with Gasteiger partial charge in [-0.15, -0.1) is 0 Å². The highest BCUT2D eigenvalue weighted by atomic mass is 16.3. The van der Waals surface area contributed by atoms with Crippen molar-refractivity contribution < 1.29 is 5.11 Å². The van der Waals surface area contributed by atoms with Crippen molar-refractivity contribution >= 4 is 0 Å². The van der Waals surface area contributed by atoms with Crippen molar-refractivity contribution in [2.75, 3.05) is 13.1 Å². The molecule has 0 amide bonds. The number of nitrogens with zero attached hydrogens (tertiary/aromatic N) is 1. The van der Waals surface area contributed by atoms with Crippen molar-refractivity contribution in [1.29, 1.82) is 0 Å². The van der Waals surface area contributed by atoms with Gasteiger partial charge in [-0.2, -0.15) is 0 Å². The van der Waals surface area contributed by atoms with Crippen molar-refractivity contribution in [1.82, 2.24) is 4.90 Å². The minimum atomic E-state index is -0.347. The molecule has 1 saturated heterocycles. The van der Waals surface area contributed by atoms with E-state index in [1.807, 2.05) is 0 Å². The van der Waals surface area contributed by atoms with Crippen LogP contribution in [0, 0.1) is 0 Å². The lowest BCUT2D eigenvalue weighted by atomic mass is 9.79. The first-order valence-corrected chi connectivity index (χ1v) is 6.70. The monoisotopic (exact) mass is 211 g/mol. The number of rotatable bonds is 2. The van der Waals surface area contributed by atoms with Crippen molar-refractivity contribution in [3.05, 3.63) is 0 Å². The molecule has 2 aliphatic rings. The molecule has 0 aromatic rings. The highest BCUT2D eigenvalue weighted by molar-refractivity contribution is 4.90. The first-order chi connectivity index (χ1) is 7.23. The predicted octanol–water partition coefficient (Wildman–Crippen LogP) is 2.56. The summed E-state index contributed by atoms with van der Waals surface area (Å²) in [7, 11) is 0. The Hall–Kier alpha value is -0.0800. The lowest BCUT2D eigenvalue weighted by molar-refractivity contribution is -0.0365. The van der Waals surface area contributed by atoms with Gasteiger partial charge >= 0.3 is 0 Å². The van der Waals surface area contributed by atoms with E-state index in [2.05, 4.69) is 11.8 Å². The zero-order chi connectivity index (χ0) is 10.7. The summed E-state index contributed by atoms with van der Waals surface area (Å²) in [4.78, 5) is 2.63. The molecule has 1 heterocycles. The fraction of sp³-hybridized carbons (Fsp3) is 1.00. The lowest BCUT2D eigenvalue weighted by Crippen LogP contribution is -2.47. The van der Waals surface area contributed by atoms with Crippen molar-refractivity contribution in [2.24, 2.45) is 0 Å². The van der Waals surface area contributed by atoms with Gasteiger partial charge in [0.2, 0.25) is 0 Å². The Bertz CT molecular complexity index is 201. The minimum Gasteiger partial charge on any atom is -0.390 e. The molecule has 2 heteroatoms. The molecule has 2 fully saturated rings. The third-order valence-electron chi connectivity index (χ3n) is 4.36. The summed E-state index contributed by atoms with van der Waals surface area (Å²) in [6, 6.07) is 0.670. The second kappa shape index (κ2) is 4.84. The van der Waals surface area contributed by atoms with Crippen molar-refractivity contribution in [2.45, 2.75) is 69.9 Å². The zero-order valence-corrected chi connectivity index (χ0v) is 10.0. The van der Waals surface area contributed by atoms with Gasteiger partial charge in [0, 0.05) is 6.04 Å². The van der Waals surface area contributed by atoms with Gasteiger partial charge < -0.3 is 10.0 Å². The number of hydrogen-bond acceptors (Lipinski definition) is 2. The second-order valence-electron chi connectivity index (χ2n) is 5.42. The van der Waals surface area contributed by atoms with E-state index < -0.39 is 0 Å². The summed E-state index contributed by atoms with van der Waals surface area (Å²) in [5, 5.41) is 10.4. The molecule has 0 aromatic carbocycles. The maximum atomic E-state index is 10.4. The van der Waals surface area contributed by atoms with E-state index in [0.717, 1.165) is 19.3 Å². The van der Waals surface area contributed by atoms with E-state index >= 15 is 0 Å². The van der Waals surface area contributed by atoms with Crippen LogP contribution >= 0.6 is 0 Å². The second-order valence-corrected chi connectivity index (χ2v) is 5.42. The number of likely N-dealkylation sites (tertiary alicyclic amines) is 1. The van der Waals surface area contributed by atoms with Crippen LogP contribution in [0.25, 0.3) is 0 Å². The molecular weight excluding hydrogens is 186 g/mol. The Morgan fingerprint density at radius 3 is 2.60 bits per heavy atom. The first kappa shape index (κ1) is 11.4. The number of hydrogen-bond donors (Lipinski definition) is 1. The van der Waals surface area contributed by atoms with Crippen LogP contribution in [0.2, 0.25) is 0 Å². The van der Waals surface area contributed by atoms with Crippen molar-refractivity contribution in [3.8, 4) is 0 Å². The van der Waals surface area contributed by atoms with E-state index in [0.29, 0.717) is 6.04 Å². The van der Waals surface area contributed by atoms with Crippen LogP contribution in [0.1, 0.15) is 58.3 Å². The fourth-order valence-electron chi connectivity index (χ4n) is 3.23. The molecule has 2 nitrogen and oxygen atoms in total. The normalized spacial score (nSPS) is 39.2. The molecule has 88 valence electrons. The number of aliphatic hydroxyl groups is 1. The van der Waals surface area contributed by atoms with E-state index in [1.54, 1.807) is 0 Å². The molecule has 1 aliphatic heterocycles. The molecule has 2 atom stereocenters. The van der Waals surface area contributed by atoms with Crippen LogP contribution in [0.3, 0.4) is 0 Å². The van der Waals surface area contributed by atoms with Gasteiger partial charge in [-0.05, 0) is 58.0 Å². The smallest absolute Gasteiger partial charge is 0.0660 e. The average Bonchev–Trinajstić information content (AvgIpc) is 2.30. The molecule has 0 bridgehead atoms. The van der Waals surface area contributed by atoms with Crippen molar-refractivity contribution in [3.63, 3.8) is 0 Å². The Morgan fingerprint density at radius 2 is 1.93 bits per heavy atom. The topological polar surface area (TPSA) is 23.5 Å². The quantitative estimate of drug-likeness (QED) is 0.759. The lowest BCUT2D eigenvalue weighted by Gasteiger charge is -2.43. The maximum absolute atomic E-state index is 10.4. The molecule has 0 spiro atoms. The molecule has 1 aliphatic carbocycles. The van der Waals surface area contributed by atoms with Crippen LogP contribution in [-0.2, 0) is 0 Å². The highest BCUT2D eigenvalue weighted by Crippen LogP contribution is 2.34. The molecule has 15 heavy (non-hydrogen) atoms. The van der Waals surface area contributed by atoms with Crippen LogP contribution in [0.4, 0.5) is 0 Å². The Labute approximate surface area is 93.7 Å². The number of piperidine rings is 1. The summed E-state index contributed by atoms with van der Waals surface area (Å²) in [6.07, 6.45) is 9.62. The van der Waals surface area contributed by atoms with Gasteiger partial charge in [0.1, 0.15) is 0 Å². The fourth-order valence-corrected chi connectivity index (χ4v) is 3.23. The van der Waals surface area contributed by atoms with E-state index in [1.165, 1.54) is 45.2 Å². The largest absolute Gasteiger partial charge is 0.390 e. The average molecular weight is 211 g/mol. The van der Waals surface area contributed by atoms with Crippen LogP contribution in [-0.4, -0.2) is 34.7 Å². The summed E-state index contributed by atoms with van der Waals surface area (Å²) in [6.45, 7) is 4.66. The summed E-state index contributed by atoms with van der Waals surface area (Å²) >= 11 is 0. The van der Waals surface area contributed by atoms with Gasteiger partial charge in [0.25, 0.3) is 0 Å². The van der Waals surface area contributed by atoms with Crippen LogP contribution in [0.5, 0.6) is 0 Å². The first-order valence-electron chi connectivity index (χ1n) is 6.70. The van der Waals surface area contributed by atoms with E-state index in [9.17, 15) is 5.11 Å². The zero-order valence-electron chi connectivity index (χ0n) is 10.0. The predicted molar refractivity (Wildman–Crippen MR) is 62.9 cm³/mol. The molecule has 1 N–H and O–H groups in total. The van der Waals surface area contributed by atoms with Gasteiger partial charge in [0.15, 0.2) is 0 Å². The third kappa shape index (κ3) is 2.73. The Kier molecular flexibility index (Phi) is 3.68. The maximum Gasteiger partial charge on any atom is 0.0660 e. The summed E-state index contributed by atoms with van der Waals surface area (Å²) < 4.78 is 0. The third-order valence-corrected chi connectivity index (χ3v) is 4.36. The van der Waals surface area contributed by atoms with Gasteiger partial charge in [0.05, 0.1) is 5.60 Å². The molecular formula is C13H25NO. The molecule has 0 aromatic heterocycles. The Morgan fingerprint density at radius 1 is 1.20 bits per heavy atom. The Balaban J connectivity index is 1.91. The van der Waals surface area contributed by atoms with E-state index in [4.69, 9.17) is 0 Å². The summed E-state index contributed by atoms with van der Waals surface area (Å²) in [5.41, 5.74) is -0.347. The minimum absolute atomic E-state index is 0.347. The van der Waals surface area contributed by atoms with Gasteiger partial charge in [-0.25, -0.2) is 0 Å². The molecule has 2 rings (SSSR count). The molecule has 0 radical (unpaired) electrons. The van der Waals surface area contributed by atoms with Crippen LogP contribution in [0.15, 0.2) is 0 Å². The molecule has 1 saturated carbocycles. The standard InChI is InChI=1S/C13H25NO/c1-2-13(15)8-6-7-12(11-13)14-9-4-3-5-10-14/h12,15H,2-11H2,1H3/t12-,13-/m1/s1. The van der Waals surface area contributed by atoms with Gasteiger partial charge in [-0.3, -0.25) is 0 Å². The van der Waals surface area contributed by atoms with Crippen LogP contribution < -0.4 is 0 Å². The summed E-state index contributed by atoms with van der Waals surface area (Å²) in [5.74, 6) is 0.